The summed E-state index contributed by atoms with van der Waals surface area (Å²) in [5, 5.41) is 3.84. The highest BCUT2D eigenvalue weighted by Crippen LogP contribution is 2.35. The molecule has 0 bridgehead atoms. The van der Waals surface area contributed by atoms with Gasteiger partial charge in [-0.25, -0.2) is 0 Å². The molecule has 0 aromatic carbocycles. The minimum atomic E-state index is 0.377. The van der Waals surface area contributed by atoms with Crippen LogP contribution in [0.1, 0.15) is 60.3 Å². The van der Waals surface area contributed by atoms with E-state index in [1.807, 2.05) is 0 Å². The molecule has 13 heavy (non-hydrogen) atoms. The van der Waals surface area contributed by atoms with Crippen LogP contribution in [0.5, 0.6) is 0 Å². The van der Waals surface area contributed by atoms with Gasteiger partial charge in [0.25, 0.3) is 0 Å². The van der Waals surface area contributed by atoms with E-state index in [2.05, 4.69) is 39.9 Å². The number of hydrogen-bond acceptors (Lipinski definition) is 1. The second-order valence-corrected chi connectivity index (χ2v) is 5.47. The molecule has 1 nitrogen and oxygen atoms in total. The Balaban J connectivity index is 2.73. The molecule has 2 atom stereocenters. The summed E-state index contributed by atoms with van der Waals surface area (Å²) in [4.78, 5) is 0. The Labute approximate surface area is 83.3 Å². The first kappa shape index (κ1) is 11.0. The van der Waals surface area contributed by atoms with Crippen molar-refractivity contribution in [3.63, 3.8) is 0 Å². The summed E-state index contributed by atoms with van der Waals surface area (Å²) in [5.74, 6) is 0.871. The maximum absolute atomic E-state index is 3.84. The normalized spacial score (nSPS) is 46.4. The van der Waals surface area contributed by atoms with Gasteiger partial charge in [0.15, 0.2) is 0 Å². The summed E-state index contributed by atoms with van der Waals surface area (Å²) >= 11 is 0. The zero-order valence-electron chi connectivity index (χ0n) is 9.91. The van der Waals surface area contributed by atoms with Crippen molar-refractivity contribution in [3.8, 4) is 0 Å². The lowest BCUT2D eigenvalue weighted by molar-refractivity contribution is 0.106. The molecule has 1 fully saturated rings. The molecule has 0 spiro atoms. The molecular weight excluding hydrogens is 158 g/mol. The molecule has 0 radical (unpaired) electrons. The Morgan fingerprint density at radius 2 is 1.46 bits per heavy atom. The van der Waals surface area contributed by atoms with E-state index < -0.39 is 0 Å². The minimum absolute atomic E-state index is 0.377. The van der Waals surface area contributed by atoms with E-state index in [0.717, 1.165) is 5.92 Å². The average molecular weight is 183 g/mol. The Kier molecular flexibility index (Phi) is 3.06. The van der Waals surface area contributed by atoms with Crippen LogP contribution in [0.15, 0.2) is 0 Å². The fourth-order valence-electron chi connectivity index (χ4n) is 2.91. The second kappa shape index (κ2) is 3.61. The highest BCUT2D eigenvalue weighted by Gasteiger charge is 2.39. The van der Waals surface area contributed by atoms with Crippen molar-refractivity contribution in [2.45, 2.75) is 71.4 Å². The summed E-state index contributed by atoms with van der Waals surface area (Å²) in [6, 6.07) is 0. The molecule has 1 heterocycles. The van der Waals surface area contributed by atoms with Gasteiger partial charge < -0.3 is 5.32 Å². The first-order valence-corrected chi connectivity index (χ1v) is 5.72. The van der Waals surface area contributed by atoms with Gasteiger partial charge in [0, 0.05) is 11.1 Å². The van der Waals surface area contributed by atoms with Gasteiger partial charge in [-0.15, -0.1) is 0 Å². The van der Waals surface area contributed by atoms with Crippen LogP contribution in [0.3, 0.4) is 0 Å². The lowest BCUT2D eigenvalue weighted by atomic mass is 9.73. The van der Waals surface area contributed by atoms with Crippen LogP contribution in [0.2, 0.25) is 0 Å². The number of nitrogens with one attached hydrogen (secondary N) is 1. The van der Waals surface area contributed by atoms with Crippen LogP contribution >= 0.6 is 0 Å². The van der Waals surface area contributed by atoms with Gasteiger partial charge in [-0.3, -0.25) is 0 Å². The monoisotopic (exact) mass is 183 g/mol. The number of hydrogen-bond donors (Lipinski definition) is 1. The Bertz CT molecular complexity index is 160. The molecule has 1 rings (SSSR count). The molecule has 2 unspecified atom stereocenters. The van der Waals surface area contributed by atoms with Crippen molar-refractivity contribution in [2.75, 3.05) is 0 Å². The summed E-state index contributed by atoms with van der Waals surface area (Å²) in [6.45, 7) is 11.7. The highest BCUT2D eigenvalue weighted by molar-refractivity contribution is 4.99. The van der Waals surface area contributed by atoms with Crippen LogP contribution in [0.25, 0.3) is 0 Å². The van der Waals surface area contributed by atoms with Crippen LogP contribution in [-0.4, -0.2) is 11.1 Å². The zero-order valence-corrected chi connectivity index (χ0v) is 9.91. The summed E-state index contributed by atoms with van der Waals surface area (Å²) < 4.78 is 0. The molecule has 0 saturated carbocycles. The summed E-state index contributed by atoms with van der Waals surface area (Å²) in [5.41, 5.74) is 0.755. The quantitative estimate of drug-likeness (QED) is 0.692. The predicted molar refractivity (Wildman–Crippen MR) is 58.9 cm³/mol. The molecule has 1 saturated heterocycles. The third-order valence-electron chi connectivity index (χ3n) is 3.76. The first-order chi connectivity index (χ1) is 5.93. The van der Waals surface area contributed by atoms with E-state index in [1.165, 1.54) is 25.7 Å². The largest absolute Gasteiger partial charge is 0.306 e. The standard InChI is InChI=1S/C12H25N/c1-6-11(4)8-10(3)9-12(5,7-2)13-11/h10,13H,6-9H2,1-5H3. The zero-order chi connectivity index (χ0) is 10.1. The van der Waals surface area contributed by atoms with Crippen molar-refractivity contribution in [1.29, 1.82) is 0 Å². The van der Waals surface area contributed by atoms with Crippen LogP contribution in [-0.2, 0) is 0 Å². The molecule has 1 N–H and O–H groups in total. The summed E-state index contributed by atoms with van der Waals surface area (Å²) in [6.07, 6.45) is 5.15. The van der Waals surface area contributed by atoms with E-state index in [0.29, 0.717) is 11.1 Å². The molecule has 0 amide bonds. The molecule has 1 aliphatic heterocycles. The lowest BCUT2D eigenvalue weighted by Crippen LogP contribution is -2.59. The van der Waals surface area contributed by atoms with Gasteiger partial charge in [0.05, 0.1) is 0 Å². The van der Waals surface area contributed by atoms with Crippen molar-refractivity contribution in [1.82, 2.24) is 5.32 Å². The van der Waals surface area contributed by atoms with E-state index in [4.69, 9.17) is 0 Å². The number of piperidine rings is 1. The van der Waals surface area contributed by atoms with Crippen LogP contribution in [0.4, 0.5) is 0 Å². The van der Waals surface area contributed by atoms with E-state index >= 15 is 0 Å². The van der Waals surface area contributed by atoms with Crippen molar-refractivity contribution < 1.29 is 0 Å². The SMILES string of the molecule is CCC1(C)CC(C)CC(C)(CC)N1. The molecule has 1 aliphatic rings. The Morgan fingerprint density at radius 3 is 1.77 bits per heavy atom. The van der Waals surface area contributed by atoms with Gasteiger partial charge in [-0.1, -0.05) is 20.8 Å². The molecule has 1 heteroatoms. The average Bonchev–Trinajstić information content (AvgIpc) is 2.02. The lowest BCUT2D eigenvalue weighted by Gasteiger charge is -2.48. The second-order valence-electron chi connectivity index (χ2n) is 5.47. The van der Waals surface area contributed by atoms with Crippen molar-refractivity contribution in [3.05, 3.63) is 0 Å². The van der Waals surface area contributed by atoms with Gasteiger partial charge in [-0.05, 0) is 45.4 Å². The minimum Gasteiger partial charge on any atom is -0.306 e. The molecular formula is C12H25N. The van der Waals surface area contributed by atoms with Crippen molar-refractivity contribution in [2.24, 2.45) is 5.92 Å². The molecule has 0 aromatic rings. The van der Waals surface area contributed by atoms with Crippen LogP contribution < -0.4 is 5.32 Å². The smallest absolute Gasteiger partial charge is 0.0158 e. The fraction of sp³-hybridized carbons (Fsp3) is 1.00. The third kappa shape index (κ3) is 2.46. The van der Waals surface area contributed by atoms with E-state index in [-0.39, 0.29) is 0 Å². The summed E-state index contributed by atoms with van der Waals surface area (Å²) in [7, 11) is 0. The first-order valence-electron chi connectivity index (χ1n) is 5.72. The van der Waals surface area contributed by atoms with Gasteiger partial charge in [0.2, 0.25) is 0 Å². The maximum Gasteiger partial charge on any atom is 0.0158 e. The Morgan fingerprint density at radius 1 is 1.08 bits per heavy atom. The molecule has 78 valence electrons. The molecule has 0 aliphatic carbocycles. The van der Waals surface area contributed by atoms with E-state index in [9.17, 15) is 0 Å². The van der Waals surface area contributed by atoms with Crippen LogP contribution in [0, 0.1) is 5.92 Å². The Hall–Kier alpha value is -0.0400. The maximum atomic E-state index is 3.84. The fourth-order valence-corrected chi connectivity index (χ4v) is 2.91. The number of rotatable bonds is 2. The third-order valence-corrected chi connectivity index (χ3v) is 3.76. The van der Waals surface area contributed by atoms with Gasteiger partial charge in [0.1, 0.15) is 0 Å². The molecule has 0 aromatic heterocycles. The van der Waals surface area contributed by atoms with Gasteiger partial charge >= 0.3 is 0 Å². The topological polar surface area (TPSA) is 12.0 Å². The van der Waals surface area contributed by atoms with E-state index in [1.54, 1.807) is 0 Å². The van der Waals surface area contributed by atoms with Crippen molar-refractivity contribution >= 4 is 0 Å². The highest BCUT2D eigenvalue weighted by atomic mass is 15.1. The predicted octanol–water partition coefficient (Wildman–Crippen LogP) is 3.34. The van der Waals surface area contributed by atoms with Gasteiger partial charge in [-0.2, -0.15) is 0 Å².